The molecule has 0 saturated carbocycles. The van der Waals surface area contributed by atoms with Crippen molar-refractivity contribution in [2.45, 2.75) is 13.3 Å². The molecule has 2 N–H and O–H groups in total. The van der Waals surface area contributed by atoms with Gasteiger partial charge >= 0.3 is 7.82 Å². The highest BCUT2D eigenvalue weighted by molar-refractivity contribution is 7.46. The summed E-state index contributed by atoms with van der Waals surface area (Å²) in [6.07, 6.45) is 0.367. The second-order valence-corrected chi connectivity index (χ2v) is 3.73. The van der Waals surface area contributed by atoms with Crippen molar-refractivity contribution in [3.05, 3.63) is 0 Å². The minimum Gasteiger partial charge on any atom is -0.343 e. The Labute approximate surface area is 76.7 Å². The second-order valence-electron chi connectivity index (χ2n) is 2.49. The van der Waals surface area contributed by atoms with Crippen LogP contribution in [0, 0.1) is 0 Å². The lowest BCUT2D eigenvalue weighted by atomic mass is 10.4. The summed E-state index contributed by atoms with van der Waals surface area (Å²) in [4.78, 5) is 28.9. The van der Waals surface area contributed by atoms with Gasteiger partial charge in [0.15, 0.2) is 0 Å². The number of phosphoric ester groups is 1. The van der Waals surface area contributed by atoms with Gasteiger partial charge in [-0.2, -0.15) is 0 Å². The molecular weight excluding hydrogens is 197 g/mol. The summed E-state index contributed by atoms with van der Waals surface area (Å²) < 4.78 is 14.4. The van der Waals surface area contributed by atoms with Crippen molar-refractivity contribution in [3.63, 3.8) is 0 Å². The Bertz CT molecular complexity index is 213. The largest absolute Gasteiger partial charge is 0.469 e. The van der Waals surface area contributed by atoms with Crippen molar-refractivity contribution >= 4 is 13.7 Å². The molecule has 0 bridgehead atoms. The predicted octanol–water partition coefficient (Wildman–Crippen LogP) is -0.0359. The van der Waals surface area contributed by atoms with Crippen molar-refractivity contribution in [1.29, 1.82) is 0 Å². The van der Waals surface area contributed by atoms with Crippen LogP contribution in [0.1, 0.15) is 13.3 Å². The standard InChI is InChI=1S/C6H14NO5P/c1-3-6(8)7(2)4-5-12-13(9,10)11/h3-5H2,1-2H3,(H2,9,10,11). The number of nitrogens with zero attached hydrogens (tertiary/aromatic N) is 1. The monoisotopic (exact) mass is 211 g/mol. The van der Waals surface area contributed by atoms with E-state index in [1.165, 1.54) is 4.90 Å². The first-order valence-corrected chi connectivity index (χ1v) is 5.34. The highest BCUT2D eigenvalue weighted by Crippen LogP contribution is 2.35. The number of hydrogen-bond acceptors (Lipinski definition) is 3. The molecule has 0 heterocycles. The molecule has 0 aromatic rings. The van der Waals surface area contributed by atoms with E-state index < -0.39 is 7.82 Å². The molecule has 0 rings (SSSR count). The van der Waals surface area contributed by atoms with Gasteiger partial charge < -0.3 is 14.7 Å². The Hall–Kier alpha value is -0.420. The van der Waals surface area contributed by atoms with E-state index in [-0.39, 0.29) is 19.1 Å². The molecule has 6 nitrogen and oxygen atoms in total. The van der Waals surface area contributed by atoms with Crippen LogP contribution < -0.4 is 0 Å². The van der Waals surface area contributed by atoms with Crippen LogP contribution in [-0.2, 0) is 13.9 Å². The number of carbonyl (C=O) groups is 1. The van der Waals surface area contributed by atoms with Gasteiger partial charge in [-0.25, -0.2) is 4.57 Å². The van der Waals surface area contributed by atoms with E-state index in [0.717, 1.165) is 0 Å². The molecule has 0 spiro atoms. The summed E-state index contributed by atoms with van der Waals surface area (Å²) >= 11 is 0. The summed E-state index contributed by atoms with van der Waals surface area (Å²) in [7, 11) is -2.85. The zero-order valence-electron chi connectivity index (χ0n) is 7.63. The van der Waals surface area contributed by atoms with Gasteiger partial charge in [0.05, 0.1) is 6.61 Å². The van der Waals surface area contributed by atoms with E-state index in [1.807, 2.05) is 0 Å². The summed E-state index contributed by atoms with van der Waals surface area (Å²) in [6.45, 7) is 1.73. The van der Waals surface area contributed by atoms with Crippen LogP contribution in [0.4, 0.5) is 0 Å². The van der Waals surface area contributed by atoms with Crippen LogP contribution in [0.5, 0.6) is 0 Å². The minimum absolute atomic E-state index is 0.0886. The zero-order valence-corrected chi connectivity index (χ0v) is 8.53. The van der Waals surface area contributed by atoms with Gasteiger partial charge in [0.2, 0.25) is 5.91 Å². The molecule has 7 heteroatoms. The molecule has 13 heavy (non-hydrogen) atoms. The third-order valence-corrected chi connectivity index (χ3v) is 1.93. The lowest BCUT2D eigenvalue weighted by molar-refractivity contribution is -0.129. The number of likely N-dealkylation sites (N-methyl/N-ethyl adjacent to an activating group) is 1. The van der Waals surface area contributed by atoms with Crippen LogP contribution in [0.15, 0.2) is 0 Å². The van der Waals surface area contributed by atoms with Gasteiger partial charge in [-0.15, -0.1) is 0 Å². The fourth-order valence-corrected chi connectivity index (χ4v) is 1.01. The molecule has 1 amide bonds. The molecule has 0 unspecified atom stereocenters. The minimum atomic E-state index is -4.40. The molecule has 0 atom stereocenters. The smallest absolute Gasteiger partial charge is 0.343 e. The molecule has 0 fully saturated rings. The van der Waals surface area contributed by atoms with Crippen molar-refractivity contribution in [1.82, 2.24) is 4.90 Å². The summed E-state index contributed by atoms with van der Waals surface area (Å²) in [5, 5.41) is 0. The van der Waals surface area contributed by atoms with Crippen LogP contribution in [0.25, 0.3) is 0 Å². The van der Waals surface area contributed by atoms with E-state index >= 15 is 0 Å². The van der Waals surface area contributed by atoms with Crippen LogP contribution in [0.3, 0.4) is 0 Å². The highest BCUT2D eigenvalue weighted by atomic mass is 31.2. The molecule has 0 aliphatic carbocycles. The van der Waals surface area contributed by atoms with Crippen molar-refractivity contribution in [3.8, 4) is 0 Å². The average molecular weight is 211 g/mol. The molecule has 78 valence electrons. The van der Waals surface area contributed by atoms with Gasteiger partial charge in [0.1, 0.15) is 0 Å². The first-order chi connectivity index (χ1) is 5.87. The Morgan fingerprint density at radius 2 is 2.08 bits per heavy atom. The van der Waals surface area contributed by atoms with E-state index in [9.17, 15) is 9.36 Å². The first kappa shape index (κ1) is 12.6. The van der Waals surface area contributed by atoms with Crippen LogP contribution in [-0.4, -0.2) is 40.8 Å². The topological polar surface area (TPSA) is 87.1 Å². The van der Waals surface area contributed by atoms with Crippen LogP contribution >= 0.6 is 7.82 Å². The summed E-state index contributed by atoms with van der Waals surface area (Å²) in [6, 6.07) is 0. The van der Waals surface area contributed by atoms with E-state index in [0.29, 0.717) is 6.42 Å². The SMILES string of the molecule is CCC(=O)N(C)CCOP(=O)(O)O. The maximum absolute atomic E-state index is 10.9. The quantitative estimate of drug-likeness (QED) is 0.623. The fourth-order valence-electron chi connectivity index (χ4n) is 0.691. The van der Waals surface area contributed by atoms with Crippen LogP contribution in [0.2, 0.25) is 0 Å². The van der Waals surface area contributed by atoms with Crippen molar-refractivity contribution < 1.29 is 23.7 Å². The van der Waals surface area contributed by atoms with Crippen molar-refractivity contribution in [2.75, 3.05) is 20.2 Å². The van der Waals surface area contributed by atoms with Gasteiger partial charge in [0, 0.05) is 20.0 Å². The molecule has 0 aromatic carbocycles. The van der Waals surface area contributed by atoms with E-state index in [4.69, 9.17) is 9.79 Å². The molecular formula is C6H14NO5P. The first-order valence-electron chi connectivity index (χ1n) is 3.81. The molecule has 0 aliphatic rings. The lowest BCUT2D eigenvalue weighted by Crippen LogP contribution is -2.29. The van der Waals surface area contributed by atoms with E-state index in [2.05, 4.69) is 4.52 Å². The molecule has 0 radical (unpaired) electrons. The maximum atomic E-state index is 10.9. The van der Waals surface area contributed by atoms with E-state index in [1.54, 1.807) is 14.0 Å². The Morgan fingerprint density at radius 3 is 2.46 bits per heavy atom. The number of phosphoric acid groups is 1. The summed E-state index contributed by atoms with van der Waals surface area (Å²) in [5.41, 5.74) is 0. The maximum Gasteiger partial charge on any atom is 0.469 e. The average Bonchev–Trinajstić information content (AvgIpc) is 2.00. The molecule has 0 saturated heterocycles. The number of hydrogen-bond donors (Lipinski definition) is 2. The number of rotatable bonds is 5. The van der Waals surface area contributed by atoms with Gasteiger partial charge in [-0.1, -0.05) is 6.92 Å². The van der Waals surface area contributed by atoms with Crippen molar-refractivity contribution in [2.24, 2.45) is 0 Å². The highest BCUT2D eigenvalue weighted by Gasteiger charge is 2.14. The number of carbonyl (C=O) groups excluding carboxylic acids is 1. The second kappa shape index (κ2) is 5.34. The Morgan fingerprint density at radius 1 is 1.54 bits per heavy atom. The number of amides is 1. The third kappa shape index (κ3) is 6.72. The zero-order chi connectivity index (χ0) is 10.5. The Kier molecular flexibility index (Phi) is 5.17. The fraction of sp³-hybridized carbons (Fsp3) is 0.833. The normalized spacial score (nSPS) is 11.4. The summed E-state index contributed by atoms with van der Waals surface area (Å²) in [5.74, 6) is -0.0886. The van der Waals surface area contributed by atoms with Gasteiger partial charge in [-0.3, -0.25) is 9.32 Å². The molecule has 0 aromatic heterocycles. The van der Waals surface area contributed by atoms with Gasteiger partial charge in [-0.05, 0) is 0 Å². The molecule has 0 aliphatic heterocycles. The predicted molar refractivity (Wildman–Crippen MR) is 45.9 cm³/mol. The van der Waals surface area contributed by atoms with Gasteiger partial charge in [0.25, 0.3) is 0 Å². The Balaban J connectivity index is 3.66. The third-order valence-electron chi connectivity index (χ3n) is 1.41. The lowest BCUT2D eigenvalue weighted by Gasteiger charge is -2.15.